The number of rotatable bonds is 5. The molecule has 1 N–H and O–H groups in total. The van der Waals surface area contributed by atoms with Gasteiger partial charge in [-0.1, -0.05) is 13.3 Å². The van der Waals surface area contributed by atoms with E-state index in [0.29, 0.717) is 19.6 Å². The molecule has 0 aromatic rings. The van der Waals surface area contributed by atoms with E-state index < -0.39 is 11.8 Å². The van der Waals surface area contributed by atoms with Gasteiger partial charge < -0.3 is 14.6 Å². The van der Waals surface area contributed by atoms with Gasteiger partial charge in [0.05, 0.1) is 25.4 Å². The zero-order chi connectivity index (χ0) is 13.8. The third-order valence-electron chi connectivity index (χ3n) is 3.11. The van der Waals surface area contributed by atoms with Gasteiger partial charge >= 0.3 is 6.09 Å². The van der Waals surface area contributed by atoms with Crippen molar-refractivity contribution in [2.45, 2.75) is 64.8 Å². The van der Waals surface area contributed by atoms with Gasteiger partial charge in [-0.25, -0.2) is 4.79 Å². The van der Waals surface area contributed by atoms with E-state index in [1.54, 1.807) is 11.8 Å². The number of aliphatic hydroxyl groups is 1. The predicted octanol–water partition coefficient (Wildman–Crippen LogP) is 2.13. The molecule has 5 heteroatoms. The van der Waals surface area contributed by atoms with E-state index in [-0.39, 0.29) is 12.1 Å². The molecule has 1 aliphatic rings. The van der Waals surface area contributed by atoms with Gasteiger partial charge in [0, 0.05) is 0 Å². The van der Waals surface area contributed by atoms with Gasteiger partial charge in [0.1, 0.15) is 5.72 Å². The van der Waals surface area contributed by atoms with Crippen LogP contribution in [0.3, 0.4) is 0 Å². The fraction of sp³-hybridized carbons (Fsp3) is 0.923. The lowest BCUT2D eigenvalue weighted by molar-refractivity contribution is -0.0491. The van der Waals surface area contributed by atoms with Gasteiger partial charge in [0.25, 0.3) is 0 Å². The maximum Gasteiger partial charge on any atom is 0.412 e. The summed E-state index contributed by atoms with van der Waals surface area (Å²) < 4.78 is 10.8. The first kappa shape index (κ1) is 15.2. The third-order valence-corrected chi connectivity index (χ3v) is 3.11. The Bertz CT molecular complexity index is 278. The zero-order valence-electron chi connectivity index (χ0n) is 11.8. The van der Waals surface area contributed by atoms with Crippen LogP contribution in [0.25, 0.3) is 0 Å². The largest absolute Gasteiger partial charge is 0.449 e. The average molecular weight is 259 g/mol. The first-order chi connectivity index (χ1) is 8.38. The Morgan fingerprint density at radius 3 is 2.83 bits per heavy atom. The van der Waals surface area contributed by atoms with Crippen molar-refractivity contribution >= 4 is 6.09 Å². The lowest BCUT2D eigenvalue weighted by Gasteiger charge is -2.33. The molecule has 1 unspecified atom stereocenters. The summed E-state index contributed by atoms with van der Waals surface area (Å²) in [5, 5.41) is 9.46. The maximum atomic E-state index is 12.1. The molecule has 0 spiro atoms. The number of nitrogens with zero attached hydrogens (tertiary/aromatic N) is 1. The van der Waals surface area contributed by atoms with Crippen molar-refractivity contribution in [2.24, 2.45) is 0 Å². The highest BCUT2D eigenvalue weighted by Crippen LogP contribution is 2.30. The lowest BCUT2D eigenvalue weighted by Crippen LogP contribution is -2.48. The Kier molecular flexibility index (Phi) is 5.41. The Morgan fingerprint density at radius 2 is 2.28 bits per heavy atom. The quantitative estimate of drug-likeness (QED) is 0.768. The number of aliphatic hydroxyl groups excluding tert-OH is 1. The van der Waals surface area contributed by atoms with Crippen molar-refractivity contribution in [1.82, 2.24) is 4.90 Å². The number of ether oxygens (including phenoxy) is 2. The third kappa shape index (κ3) is 3.85. The molecule has 18 heavy (non-hydrogen) atoms. The predicted molar refractivity (Wildman–Crippen MR) is 68.2 cm³/mol. The summed E-state index contributed by atoms with van der Waals surface area (Å²) in [5.41, 5.74) is -0.664. The molecule has 106 valence electrons. The standard InChI is InChI=1S/C13H25NO4/c1-5-6-7-17-12(16)14-11(8-10(2)15)9-18-13(14,3)4/h10-11,15H,5-9H2,1-4H3/t10-,11?/m0/s1. The van der Waals surface area contributed by atoms with Crippen molar-refractivity contribution in [1.29, 1.82) is 0 Å². The summed E-state index contributed by atoms with van der Waals surface area (Å²) in [6.45, 7) is 8.33. The van der Waals surface area contributed by atoms with E-state index in [2.05, 4.69) is 0 Å². The summed E-state index contributed by atoms with van der Waals surface area (Å²) in [6.07, 6.45) is 1.55. The van der Waals surface area contributed by atoms with Gasteiger partial charge in [0.15, 0.2) is 0 Å². The molecule has 0 saturated carbocycles. The highest BCUT2D eigenvalue weighted by Gasteiger charge is 2.44. The molecule has 2 atom stereocenters. The number of hydrogen-bond donors (Lipinski definition) is 1. The van der Waals surface area contributed by atoms with E-state index in [0.717, 1.165) is 12.8 Å². The monoisotopic (exact) mass is 259 g/mol. The van der Waals surface area contributed by atoms with Gasteiger partial charge in [-0.2, -0.15) is 0 Å². The van der Waals surface area contributed by atoms with Crippen LogP contribution in [-0.4, -0.2) is 47.2 Å². The number of carbonyl (C=O) groups is 1. The summed E-state index contributed by atoms with van der Waals surface area (Å²) in [7, 11) is 0. The minimum atomic E-state index is -0.664. The first-order valence-electron chi connectivity index (χ1n) is 6.66. The molecule has 0 bridgehead atoms. The van der Waals surface area contributed by atoms with Crippen molar-refractivity contribution < 1.29 is 19.4 Å². The highest BCUT2D eigenvalue weighted by molar-refractivity contribution is 5.69. The second-order valence-electron chi connectivity index (χ2n) is 5.33. The van der Waals surface area contributed by atoms with Crippen molar-refractivity contribution in [2.75, 3.05) is 13.2 Å². The van der Waals surface area contributed by atoms with Crippen LogP contribution in [-0.2, 0) is 9.47 Å². The molecule has 0 radical (unpaired) electrons. The number of carbonyl (C=O) groups excluding carboxylic acids is 1. The Labute approximate surface area is 109 Å². The molecular weight excluding hydrogens is 234 g/mol. The molecule has 5 nitrogen and oxygen atoms in total. The minimum absolute atomic E-state index is 0.117. The smallest absolute Gasteiger partial charge is 0.412 e. The van der Waals surface area contributed by atoms with Gasteiger partial charge in [-0.05, 0) is 33.6 Å². The maximum absolute atomic E-state index is 12.1. The Morgan fingerprint density at radius 1 is 1.61 bits per heavy atom. The van der Waals surface area contributed by atoms with Crippen LogP contribution in [0.15, 0.2) is 0 Å². The van der Waals surface area contributed by atoms with Crippen LogP contribution >= 0.6 is 0 Å². The van der Waals surface area contributed by atoms with Crippen molar-refractivity contribution in [3.8, 4) is 0 Å². The van der Waals surface area contributed by atoms with Crippen LogP contribution < -0.4 is 0 Å². The van der Waals surface area contributed by atoms with Crippen molar-refractivity contribution in [3.63, 3.8) is 0 Å². The Hall–Kier alpha value is -0.810. The number of unbranched alkanes of at least 4 members (excludes halogenated alkanes) is 1. The second kappa shape index (κ2) is 6.38. The SMILES string of the molecule is CCCCOC(=O)N1C(C[C@H](C)O)COC1(C)C. The zero-order valence-corrected chi connectivity index (χ0v) is 11.8. The van der Waals surface area contributed by atoms with Crippen molar-refractivity contribution in [3.05, 3.63) is 0 Å². The van der Waals surface area contributed by atoms with Crippen LogP contribution in [0.2, 0.25) is 0 Å². The fourth-order valence-corrected chi connectivity index (χ4v) is 2.19. The molecule has 0 aliphatic carbocycles. The first-order valence-corrected chi connectivity index (χ1v) is 6.66. The molecule has 0 aromatic carbocycles. The van der Waals surface area contributed by atoms with E-state index >= 15 is 0 Å². The topological polar surface area (TPSA) is 59.0 Å². The summed E-state index contributed by atoms with van der Waals surface area (Å²) >= 11 is 0. The van der Waals surface area contributed by atoms with E-state index in [9.17, 15) is 9.90 Å². The van der Waals surface area contributed by atoms with E-state index in [4.69, 9.17) is 9.47 Å². The molecule has 0 aromatic heterocycles. The highest BCUT2D eigenvalue weighted by atomic mass is 16.6. The Balaban J connectivity index is 2.63. The molecule has 1 heterocycles. The molecule has 1 amide bonds. The summed E-state index contributed by atoms with van der Waals surface area (Å²) in [5.74, 6) is 0. The minimum Gasteiger partial charge on any atom is -0.449 e. The van der Waals surface area contributed by atoms with Gasteiger partial charge in [-0.15, -0.1) is 0 Å². The normalized spacial score (nSPS) is 24.1. The average Bonchev–Trinajstić information content (AvgIpc) is 2.53. The van der Waals surface area contributed by atoms with Crippen LogP contribution in [0, 0.1) is 0 Å². The molecule has 1 fully saturated rings. The van der Waals surface area contributed by atoms with E-state index in [1.165, 1.54) is 0 Å². The lowest BCUT2D eigenvalue weighted by atomic mass is 10.1. The summed E-state index contributed by atoms with van der Waals surface area (Å²) in [4.78, 5) is 13.7. The number of hydrogen-bond acceptors (Lipinski definition) is 4. The van der Waals surface area contributed by atoms with Crippen LogP contribution in [0.4, 0.5) is 4.79 Å². The van der Waals surface area contributed by atoms with Gasteiger partial charge in [0.2, 0.25) is 0 Å². The number of amides is 1. The fourth-order valence-electron chi connectivity index (χ4n) is 2.19. The second-order valence-corrected chi connectivity index (χ2v) is 5.33. The van der Waals surface area contributed by atoms with Crippen LogP contribution in [0.1, 0.15) is 47.0 Å². The molecule has 1 aliphatic heterocycles. The summed E-state index contributed by atoms with van der Waals surface area (Å²) in [6, 6.07) is -0.117. The molecular formula is C13H25NO4. The van der Waals surface area contributed by atoms with Gasteiger partial charge in [-0.3, -0.25) is 4.90 Å². The molecule has 1 saturated heterocycles. The van der Waals surface area contributed by atoms with Crippen LogP contribution in [0.5, 0.6) is 0 Å². The van der Waals surface area contributed by atoms with E-state index in [1.807, 2.05) is 20.8 Å². The molecule has 1 rings (SSSR count).